The van der Waals surface area contributed by atoms with Gasteiger partial charge in [-0.15, -0.1) is 0 Å². The molecule has 0 aliphatic carbocycles. The van der Waals surface area contributed by atoms with Crippen molar-refractivity contribution < 1.29 is 14.4 Å². The minimum atomic E-state index is -0.860. The Bertz CT molecular complexity index is 275. The highest BCUT2D eigenvalue weighted by Gasteiger charge is 2.03. The maximum Gasteiger partial charge on any atom is 0.279 e. The third-order valence-electron chi connectivity index (χ3n) is 1.19. The van der Waals surface area contributed by atoms with Crippen molar-refractivity contribution in [1.82, 2.24) is 5.54 Å². The van der Waals surface area contributed by atoms with Crippen LogP contribution in [0.15, 0.2) is 24.3 Å². The van der Waals surface area contributed by atoms with Crippen LogP contribution in [0.4, 0.5) is 4.48 Å². The van der Waals surface area contributed by atoms with Crippen molar-refractivity contribution >= 4 is 5.91 Å². The Labute approximate surface area is 62.4 Å². The smallest absolute Gasteiger partial charge is 0.279 e. The van der Waals surface area contributed by atoms with Crippen molar-refractivity contribution in [2.45, 2.75) is 0 Å². The van der Waals surface area contributed by atoms with E-state index in [1.165, 1.54) is 24.3 Å². The summed E-state index contributed by atoms with van der Waals surface area (Å²) in [6.07, 6.45) is 0. The predicted molar refractivity (Wildman–Crippen MR) is 36.7 cm³/mol. The second-order valence-corrected chi connectivity index (χ2v) is 1.97. The zero-order chi connectivity index (χ0) is 8.27. The molecule has 3 nitrogen and oxygen atoms in total. The number of benzene rings is 1. The van der Waals surface area contributed by atoms with Gasteiger partial charge in [-0.25, -0.2) is 0 Å². The highest BCUT2D eigenvalue weighted by Crippen LogP contribution is 2.10. The van der Waals surface area contributed by atoms with Crippen molar-refractivity contribution in [1.29, 1.82) is 0 Å². The predicted octanol–water partition coefficient (Wildman–Crippen LogP) is 1.01. The molecule has 0 aliphatic heterocycles. The van der Waals surface area contributed by atoms with E-state index >= 15 is 0 Å². The normalized spacial score (nSPS) is 9.18. The van der Waals surface area contributed by atoms with Crippen molar-refractivity contribution in [2.75, 3.05) is 0 Å². The molecular formula is C7H6FNO2. The summed E-state index contributed by atoms with van der Waals surface area (Å²) in [5, 5.41) is 8.86. The minimum Gasteiger partial charge on any atom is -0.508 e. The minimum absolute atomic E-state index is 0.0638. The first-order valence-electron chi connectivity index (χ1n) is 2.94. The van der Waals surface area contributed by atoms with E-state index in [2.05, 4.69) is 0 Å². The van der Waals surface area contributed by atoms with Crippen molar-refractivity contribution in [3.63, 3.8) is 0 Å². The maximum atomic E-state index is 11.5. The first-order chi connectivity index (χ1) is 5.24. The van der Waals surface area contributed by atoms with Gasteiger partial charge in [0.15, 0.2) is 0 Å². The summed E-state index contributed by atoms with van der Waals surface area (Å²) in [6.45, 7) is 0. The molecule has 0 saturated heterocycles. The van der Waals surface area contributed by atoms with Gasteiger partial charge in [0, 0.05) is 5.56 Å². The molecule has 1 rings (SSSR count). The molecule has 0 unspecified atom stereocenters. The quantitative estimate of drug-likeness (QED) is 0.594. The summed E-state index contributed by atoms with van der Waals surface area (Å²) < 4.78 is 11.5. The first kappa shape index (κ1) is 7.53. The Kier molecular flexibility index (Phi) is 2.06. The molecule has 1 amide bonds. The molecule has 0 radical (unpaired) electrons. The van der Waals surface area contributed by atoms with E-state index in [1.54, 1.807) is 0 Å². The molecule has 2 N–H and O–H groups in total. The van der Waals surface area contributed by atoms with Crippen LogP contribution in [-0.4, -0.2) is 11.0 Å². The molecule has 1 aromatic rings. The summed E-state index contributed by atoms with van der Waals surface area (Å²) in [7, 11) is 0. The SMILES string of the molecule is O=C(NF)c1cccc(O)c1. The summed E-state index contributed by atoms with van der Waals surface area (Å²) in [4.78, 5) is 10.6. The van der Waals surface area contributed by atoms with Gasteiger partial charge in [0.05, 0.1) is 0 Å². The Morgan fingerprint density at radius 2 is 2.27 bits per heavy atom. The van der Waals surface area contributed by atoms with Crippen LogP contribution >= 0.6 is 0 Å². The van der Waals surface area contributed by atoms with Gasteiger partial charge in [0.2, 0.25) is 0 Å². The van der Waals surface area contributed by atoms with Crippen molar-refractivity contribution in [3.8, 4) is 5.75 Å². The number of carbonyl (C=O) groups excluding carboxylic acids is 1. The summed E-state index contributed by atoms with van der Waals surface area (Å²) in [5.74, 6) is -0.924. The molecular weight excluding hydrogens is 149 g/mol. The second-order valence-electron chi connectivity index (χ2n) is 1.97. The van der Waals surface area contributed by atoms with Crippen LogP contribution in [0, 0.1) is 0 Å². The number of carbonyl (C=O) groups is 1. The number of hydrogen-bond acceptors (Lipinski definition) is 2. The third kappa shape index (κ3) is 1.67. The summed E-state index contributed by atoms with van der Waals surface area (Å²) in [5.41, 5.74) is 1.05. The van der Waals surface area contributed by atoms with Gasteiger partial charge in [0.1, 0.15) is 5.75 Å². The van der Waals surface area contributed by atoms with Crippen LogP contribution in [0.3, 0.4) is 0 Å². The largest absolute Gasteiger partial charge is 0.508 e. The maximum absolute atomic E-state index is 11.5. The molecule has 11 heavy (non-hydrogen) atoms. The second kappa shape index (κ2) is 3.01. The number of halogens is 1. The van der Waals surface area contributed by atoms with E-state index < -0.39 is 5.91 Å². The standard InChI is InChI=1S/C7H6FNO2/c8-9-7(11)5-2-1-3-6(10)4-5/h1-4,10H,(H,9,11). The van der Waals surface area contributed by atoms with E-state index in [9.17, 15) is 9.28 Å². The van der Waals surface area contributed by atoms with E-state index in [-0.39, 0.29) is 11.3 Å². The fraction of sp³-hybridized carbons (Fsp3) is 0. The van der Waals surface area contributed by atoms with E-state index in [0.717, 1.165) is 5.54 Å². The lowest BCUT2D eigenvalue weighted by Crippen LogP contribution is -2.12. The van der Waals surface area contributed by atoms with Gasteiger partial charge in [0.25, 0.3) is 5.91 Å². The van der Waals surface area contributed by atoms with E-state index in [4.69, 9.17) is 5.11 Å². The molecule has 0 heterocycles. The average molecular weight is 155 g/mol. The van der Waals surface area contributed by atoms with Crippen molar-refractivity contribution in [3.05, 3.63) is 29.8 Å². The van der Waals surface area contributed by atoms with Crippen LogP contribution in [0.1, 0.15) is 10.4 Å². The Morgan fingerprint density at radius 1 is 1.55 bits per heavy atom. The Morgan fingerprint density at radius 3 is 2.82 bits per heavy atom. The number of rotatable bonds is 1. The summed E-state index contributed by atoms with van der Waals surface area (Å²) in [6, 6.07) is 5.43. The lowest BCUT2D eigenvalue weighted by Gasteiger charge is -1.96. The molecule has 0 spiro atoms. The van der Waals surface area contributed by atoms with Crippen LogP contribution < -0.4 is 5.54 Å². The van der Waals surface area contributed by atoms with Crippen LogP contribution in [-0.2, 0) is 0 Å². The fourth-order valence-corrected chi connectivity index (χ4v) is 0.702. The molecule has 0 bridgehead atoms. The van der Waals surface area contributed by atoms with E-state index in [0.29, 0.717) is 0 Å². The number of hydrogen-bond donors (Lipinski definition) is 2. The number of phenolic OH excluding ortho intramolecular Hbond substituents is 1. The van der Waals surface area contributed by atoms with Gasteiger partial charge < -0.3 is 5.11 Å². The van der Waals surface area contributed by atoms with Crippen LogP contribution in [0.5, 0.6) is 5.75 Å². The zero-order valence-electron chi connectivity index (χ0n) is 5.54. The van der Waals surface area contributed by atoms with Crippen LogP contribution in [0.2, 0.25) is 0 Å². The Hall–Kier alpha value is -1.58. The van der Waals surface area contributed by atoms with Crippen molar-refractivity contribution in [2.24, 2.45) is 0 Å². The molecule has 0 fully saturated rings. The molecule has 0 aliphatic rings. The zero-order valence-corrected chi connectivity index (χ0v) is 5.54. The van der Waals surface area contributed by atoms with Gasteiger partial charge in [-0.2, -0.15) is 5.54 Å². The third-order valence-corrected chi connectivity index (χ3v) is 1.19. The van der Waals surface area contributed by atoms with Gasteiger partial charge in [-0.1, -0.05) is 10.5 Å². The first-order valence-corrected chi connectivity index (χ1v) is 2.94. The molecule has 0 atom stereocenters. The van der Waals surface area contributed by atoms with Crippen LogP contribution in [0.25, 0.3) is 0 Å². The fourth-order valence-electron chi connectivity index (χ4n) is 0.702. The lowest BCUT2D eigenvalue weighted by atomic mass is 10.2. The lowest BCUT2D eigenvalue weighted by molar-refractivity contribution is 0.0859. The Balaban J connectivity index is 2.96. The van der Waals surface area contributed by atoms with Gasteiger partial charge in [-0.3, -0.25) is 4.79 Å². The molecule has 58 valence electrons. The highest BCUT2D eigenvalue weighted by molar-refractivity contribution is 5.93. The number of phenols is 1. The molecule has 1 aromatic carbocycles. The number of nitrogens with one attached hydrogen (secondary N) is 1. The molecule has 0 aromatic heterocycles. The topological polar surface area (TPSA) is 49.3 Å². The van der Waals surface area contributed by atoms with Gasteiger partial charge >= 0.3 is 0 Å². The highest BCUT2D eigenvalue weighted by atomic mass is 19.2. The average Bonchev–Trinajstić information content (AvgIpc) is 2.03. The number of amides is 1. The molecule has 0 saturated carbocycles. The summed E-state index contributed by atoms with van der Waals surface area (Å²) >= 11 is 0. The van der Waals surface area contributed by atoms with Gasteiger partial charge in [-0.05, 0) is 18.2 Å². The molecule has 4 heteroatoms. The van der Waals surface area contributed by atoms with E-state index in [1.807, 2.05) is 0 Å². The monoisotopic (exact) mass is 155 g/mol. The number of aromatic hydroxyl groups is 1.